The number of carbonyl (C=O) groups excluding carboxylic acids is 2. The highest BCUT2D eigenvalue weighted by atomic mass is 16.5. The fraction of sp³-hybridized carbons (Fsp3) is 0.250. The molecule has 1 aromatic heterocycles. The fourth-order valence-electron chi connectivity index (χ4n) is 2.09. The summed E-state index contributed by atoms with van der Waals surface area (Å²) in [4.78, 5) is 24.1. The lowest BCUT2D eigenvalue weighted by Crippen LogP contribution is -2.41. The van der Waals surface area contributed by atoms with Gasteiger partial charge in [0.1, 0.15) is 11.5 Å². The van der Waals surface area contributed by atoms with Crippen LogP contribution in [0.2, 0.25) is 0 Å². The number of aryl methyl sites for hydroxylation is 2. The van der Waals surface area contributed by atoms with E-state index in [9.17, 15) is 9.59 Å². The van der Waals surface area contributed by atoms with Gasteiger partial charge in [0.2, 0.25) is 0 Å². The minimum absolute atomic E-state index is 0.322. The molecular weight excluding hydrogens is 300 g/mol. The number of ether oxygens (including phenoxy) is 2. The Bertz CT molecular complexity index is 736. The van der Waals surface area contributed by atoms with Gasteiger partial charge in [-0.25, -0.2) is 0 Å². The Morgan fingerprint density at radius 1 is 0.957 bits per heavy atom. The molecule has 0 aliphatic heterocycles. The molecule has 2 rings (SSSR count). The van der Waals surface area contributed by atoms with Crippen LogP contribution in [0.5, 0.6) is 11.5 Å². The van der Waals surface area contributed by atoms with Gasteiger partial charge in [-0.3, -0.25) is 20.4 Å². The number of hydrazine groups is 1. The lowest BCUT2D eigenvalue weighted by molar-refractivity contribution is 0.0845. The van der Waals surface area contributed by atoms with E-state index in [4.69, 9.17) is 13.9 Å². The van der Waals surface area contributed by atoms with Gasteiger partial charge >= 0.3 is 0 Å². The summed E-state index contributed by atoms with van der Waals surface area (Å²) in [5.41, 5.74) is 5.39. The van der Waals surface area contributed by atoms with Crippen LogP contribution in [0.4, 0.5) is 0 Å². The topological polar surface area (TPSA) is 89.8 Å². The van der Waals surface area contributed by atoms with Gasteiger partial charge in [0, 0.05) is 5.56 Å². The smallest absolute Gasteiger partial charge is 0.273 e. The van der Waals surface area contributed by atoms with Crippen molar-refractivity contribution in [2.45, 2.75) is 13.8 Å². The molecule has 122 valence electrons. The molecule has 0 radical (unpaired) electrons. The number of benzene rings is 1. The van der Waals surface area contributed by atoms with E-state index in [-0.39, 0.29) is 0 Å². The van der Waals surface area contributed by atoms with E-state index in [2.05, 4.69) is 10.9 Å². The maximum absolute atomic E-state index is 12.1. The number of hydrogen-bond donors (Lipinski definition) is 2. The number of rotatable bonds is 4. The van der Waals surface area contributed by atoms with Crippen molar-refractivity contribution in [3.63, 3.8) is 0 Å². The van der Waals surface area contributed by atoms with Crippen molar-refractivity contribution < 1.29 is 23.5 Å². The van der Waals surface area contributed by atoms with Gasteiger partial charge < -0.3 is 13.9 Å². The van der Waals surface area contributed by atoms with Crippen molar-refractivity contribution in [3.05, 3.63) is 46.9 Å². The Balaban J connectivity index is 2.05. The second-order valence-corrected chi connectivity index (χ2v) is 4.80. The second-order valence-electron chi connectivity index (χ2n) is 4.80. The van der Waals surface area contributed by atoms with Crippen molar-refractivity contribution in [2.75, 3.05) is 14.2 Å². The highest BCUT2D eigenvalue weighted by molar-refractivity contribution is 5.99. The van der Waals surface area contributed by atoms with Crippen LogP contribution in [0.1, 0.15) is 32.2 Å². The van der Waals surface area contributed by atoms with Gasteiger partial charge in [0.05, 0.1) is 19.8 Å². The largest absolute Gasteiger partial charge is 0.493 e. The van der Waals surface area contributed by atoms with Crippen molar-refractivity contribution in [2.24, 2.45) is 0 Å². The average molecular weight is 318 g/mol. The molecule has 0 saturated carbocycles. The normalized spacial score (nSPS) is 10.1. The van der Waals surface area contributed by atoms with Gasteiger partial charge in [0.15, 0.2) is 11.5 Å². The Hall–Kier alpha value is -2.96. The van der Waals surface area contributed by atoms with Crippen molar-refractivity contribution >= 4 is 11.8 Å². The van der Waals surface area contributed by atoms with E-state index >= 15 is 0 Å². The first-order valence-electron chi connectivity index (χ1n) is 6.86. The first kappa shape index (κ1) is 16.4. The number of furan rings is 1. The molecule has 2 N–H and O–H groups in total. The standard InChI is InChI=1S/C16H18N2O5/c1-9-7-12(10(2)23-9)16(20)18-17-15(19)11-5-6-13(21-3)14(8-11)22-4/h5-8H,1-4H3,(H,17,19)(H,18,20). The number of carbonyl (C=O) groups is 2. The Labute approximate surface area is 133 Å². The predicted octanol–water partition coefficient (Wildman–Crippen LogP) is 1.99. The summed E-state index contributed by atoms with van der Waals surface area (Å²) in [5, 5.41) is 0. The van der Waals surface area contributed by atoms with Crippen molar-refractivity contribution in [1.29, 1.82) is 0 Å². The van der Waals surface area contributed by atoms with Gasteiger partial charge in [0.25, 0.3) is 11.8 Å². The molecule has 0 unspecified atom stereocenters. The third kappa shape index (κ3) is 3.63. The molecule has 1 heterocycles. The van der Waals surface area contributed by atoms with Crippen LogP contribution in [0.3, 0.4) is 0 Å². The minimum Gasteiger partial charge on any atom is -0.493 e. The molecule has 2 aromatic rings. The third-order valence-corrected chi connectivity index (χ3v) is 3.22. The van der Waals surface area contributed by atoms with E-state index in [0.717, 1.165) is 0 Å². The van der Waals surface area contributed by atoms with Gasteiger partial charge in [-0.15, -0.1) is 0 Å². The zero-order valence-electron chi connectivity index (χ0n) is 13.4. The molecule has 0 aliphatic rings. The molecule has 0 fully saturated rings. The zero-order chi connectivity index (χ0) is 17.0. The quantitative estimate of drug-likeness (QED) is 0.842. The van der Waals surface area contributed by atoms with Crippen LogP contribution in [0.15, 0.2) is 28.7 Å². The molecule has 0 aliphatic carbocycles. The monoisotopic (exact) mass is 318 g/mol. The average Bonchev–Trinajstić information content (AvgIpc) is 2.90. The Morgan fingerprint density at radius 2 is 1.61 bits per heavy atom. The van der Waals surface area contributed by atoms with Crippen LogP contribution >= 0.6 is 0 Å². The van der Waals surface area contributed by atoms with Crippen LogP contribution in [0.25, 0.3) is 0 Å². The van der Waals surface area contributed by atoms with Gasteiger partial charge in [-0.2, -0.15) is 0 Å². The fourth-order valence-corrected chi connectivity index (χ4v) is 2.09. The second kappa shape index (κ2) is 6.87. The number of hydrogen-bond acceptors (Lipinski definition) is 5. The number of nitrogens with one attached hydrogen (secondary N) is 2. The molecule has 0 atom stereocenters. The Morgan fingerprint density at radius 3 is 2.17 bits per heavy atom. The first-order valence-corrected chi connectivity index (χ1v) is 6.86. The summed E-state index contributed by atoms with van der Waals surface area (Å²) in [6.07, 6.45) is 0. The SMILES string of the molecule is COc1ccc(C(=O)NNC(=O)c2cc(C)oc2C)cc1OC. The lowest BCUT2D eigenvalue weighted by atomic mass is 10.2. The number of amides is 2. The van der Waals surface area contributed by atoms with Crippen LogP contribution in [-0.2, 0) is 0 Å². The van der Waals surface area contributed by atoms with Crippen molar-refractivity contribution in [3.8, 4) is 11.5 Å². The molecule has 1 aromatic carbocycles. The van der Waals surface area contributed by atoms with Crippen LogP contribution in [-0.4, -0.2) is 26.0 Å². The summed E-state index contributed by atoms with van der Waals surface area (Å²) in [7, 11) is 2.98. The van der Waals surface area contributed by atoms with E-state index in [0.29, 0.717) is 34.1 Å². The molecular formula is C16H18N2O5. The highest BCUT2D eigenvalue weighted by Crippen LogP contribution is 2.27. The Kier molecular flexibility index (Phi) is 4.90. The maximum Gasteiger partial charge on any atom is 0.273 e. The van der Waals surface area contributed by atoms with Crippen molar-refractivity contribution in [1.82, 2.24) is 10.9 Å². The van der Waals surface area contributed by atoms with Crippen LogP contribution in [0, 0.1) is 13.8 Å². The van der Waals surface area contributed by atoms with Crippen LogP contribution < -0.4 is 20.3 Å². The summed E-state index contributed by atoms with van der Waals surface area (Å²) >= 11 is 0. The van der Waals surface area contributed by atoms with Gasteiger partial charge in [-0.1, -0.05) is 0 Å². The summed E-state index contributed by atoms with van der Waals surface area (Å²) in [6, 6.07) is 6.30. The molecule has 7 heteroatoms. The molecule has 23 heavy (non-hydrogen) atoms. The zero-order valence-corrected chi connectivity index (χ0v) is 13.4. The summed E-state index contributed by atoms with van der Waals surface area (Å²) in [6.45, 7) is 3.42. The van der Waals surface area contributed by atoms with Gasteiger partial charge in [-0.05, 0) is 38.1 Å². The molecule has 2 amide bonds. The third-order valence-electron chi connectivity index (χ3n) is 3.22. The van der Waals surface area contributed by atoms with E-state index in [1.54, 1.807) is 32.0 Å². The number of methoxy groups -OCH3 is 2. The van der Waals surface area contributed by atoms with E-state index in [1.807, 2.05) is 0 Å². The highest BCUT2D eigenvalue weighted by Gasteiger charge is 2.15. The maximum atomic E-state index is 12.1. The first-order chi connectivity index (χ1) is 11.0. The minimum atomic E-state index is -0.475. The predicted molar refractivity (Wildman–Crippen MR) is 82.7 cm³/mol. The lowest BCUT2D eigenvalue weighted by Gasteiger charge is -2.10. The molecule has 7 nitrogen and oxygen atoms in total. The summed E-state index contributed by atoms with van der Waals surface area (Å²) < 4.78 is 15.5. The molecule has 0 spiro atoms. The molecule has 0 saturated heterocycles. The van der Waals surface area contributed by atoms with E-state index < -0.39 is 11.8 Å². The summed E-state index contributed by atoms with van der Waals surface area (Å²) in [5.74, 6) is 1.12. The molecule has 0 bridgehead atoms. The van der Waals surface area contributed by atoms with E-state index in [1.165, 1.54) is 20.3 Å².